The normalized spacial score (nSPS) is 11.7. The van der Waals surface area contributed by atoms with Gasteiger partial charge in [0.1, 0.15) is 11.6 Å². The van der Waals surface area contributed by atoms with Crippen LogP contribution in [0.15, 0.2) is 65.3 Å². The average molecular weight is 403 g/mol. The molecule has 144 valence electrons. The predicted molar refractivity (Wildman–Crippen MR) is 102 cm³/mol. The van der Waals surface area contributed by atoms with Gasteiger partial charge in [-0.05, 0) is 35.9 Å². The van der Waals surface area contributed by atoms with Crippen molar-refractivity contribution < 1.29 is 23.5 Å². The Labute approximate surface area is 164 Å². The molecule has 2 aromatic carbocycles. The molecule has 8 heteroatoms. The fourth-order valence-electron chi connectivity index (χ4n) is 2.46. The van der Waals surface area contributed by atoms with E-state index in [0.717, 1.165) is 11.6 Å². The maximum absolute atomic E-state index is 13.1. The minimum Gasteiger partial charge on any atom is -0.464 e. The molecule has 0 saturated carbocycles. The Morgan fingerprint density at radius 3 is 2.50 bits per heavy atom. The average Bonchev–Trinajstić information content (AvgIpc) is 3.23. The Morgan fingerprint density at radius 2 is 1.86 bits per heavy atom. The third kappa shape index (κ3) is 4.76. The highest BCUT2D eigenvalue weighted by Crippen LogP contribution is 2.22. The number of benzene rings is 2. The fourth-order valence-corrected chi connectivity index (χ4v) is 2.64. The van der Waals surface area contributed by atoms with Crippen LogP contribution >= 0.6 is 11.6 Å². The van der Waals surface area contributed by atoms with Crippen molar-refractivity contribution in [3.05, 3.63) is 77.3 Å². The van der Waals surface area contributed by atoms with Crippen molar-refractivity contribution in [3.8, 4) is 11.3 Å². The van der Waals surface area contributed by atoms with Crippen LogP contribution in [0.3, 0.4) is 0 Å². The summed E-state index contributed by atoms with van der Waals surface area (Å²) in [5.74, 6) is -1.83. The summed E-state index contributed by atoms with van der Waals surface area (Å²) < 4.78 is 18.4. The number of halogens is 2. The van der Waals surface area contributed by atoms with Crippen LogP contribution in [-0.4, -0.2) is 23.5 Å². The number of aliphatic hydroxyl groups excluding tert-OH is 1. The number of aliphatic hydroxyl groups is 1. The molecule has 1 heterocycles. The molecule has 28 heavy (non-hydrogen) atoms. The van der Waals surface area contributed by atoms with Gasteiger partial charge in [0.25, 0.3) is 0 Å². The highest BCUT2D eigenvalue weighted by atomic mass is 35.5. The Hall–Kier alpha value is -3.16. The quantitative estimate of drug-likeness (QED) is 0.569. The summed E-state index contributed by atoms with van der Waals surface area (Å²) in [6, 6.07) is 14.1. The third-order valence-electron chi connectivity index (χ3n) is 3.94. The first-order chi connectivity index (χ1) is 13.4. The fraction of sp³-hybridized carbons (Fsp3) is 0.100. The molecule has 0 spiro atoms. The van der Waals surface area contributed by atoms with E-state index >= 15 is 0 Å². The van der Waals surface area contributed by atoms with E-state index in [1.165, 1.54) is 12.1 Å². The number of nitrogens with one attached hydrogen (secondary N) is 2. The van der Waals surface area contributed by atoms with Crippen LogP contribution in [0.2, 0.25) is 5.02 Å². The molecule has 0 radical (unpaired) electrons. The van der Waals surface area contributed by atoms with Crippen LogP contribution in [0, 0.1) is 5.82 Å². The van der Waals surface area contributed by atoms with Crippen molar-refractivity contribution in [3.63, 3.8) is 0 Å². The van der Waals surface area contributed by atoms with Gasteiger partial charge >= 0.3 is 11.8 Å². The highest BCUT2D eigenvalue weighted by molar-refractivity contribution is 6.39. The maximum atomic E-state index is 13.1. The lowest BCUT2D eigenvalue weighted by atomic mass is 10.1. The molecule has 3 N–H and O–H groups in total. The van der Waals surface area contributed by atoms with Gasteiger partial charge in [0.2, 0.25) is 0 Å². The largest absolute Gasteiger partial charge is 0.464 e. The monoisotopic (exact) mass is 402 g/mol. The van der Waals surface area contributed by atoms with Crippen LogP contribution in [0.1, 0.15) is 11.7 Å². The summed E-state index contributed by atoms with van der Waals surface area (Å²) in [6.07, 6.45) is 0.570. The van der Waals surface area contributed by atoms with Gasteiger partial charge in [-0.3, -0.25) is 9.59 Å². The lowest BCUT2D eigenvalue weighted by Crippen LogP contribution is -2.37. The summed E-state index contributed by atoms with van der Waals surface area (Å²) in [5, 5.41) is 14.7. The van der Waals surface area contributed by atoms with Crippen LogP contribution in [0.5, 0.6) is 0 Å². The van der Waals surface area contributed by atoms with E-state index in [-0.39, 0.29) is 17.3 Å². The van der Waals surface area contributed by atoms with Crippen molar-refractivity contribution in [1.29, 1.82) is 0 Å². The topological polar surface area (TPSA) is 91.6 Å². The van der Waals surface area contributed by atoms with Crippen LogP contribution in [0.25, 0.3) is 11.3 Å². The van der Waals surface area contributed by atoms with E-state index in [2.05, 4.69) is 10.6 Å². The zero-order chi connectivity index (χ0) is 20.1. The first kappa shape index (κ1) is 19.6. The number of anilines is 1. The standard InChI is InChI=1S/C20H16ClFN2O4/c21-15-10-14(7-8-16(15)22)24-20(27)19(26)23-11-17(25)12-3-5-13(6-4-12)18-2-1-9-28-18/h1-10,17,25H,11H2,(H,23,26)(H,24,27). The number of hydrogen-bond donors (Lipinski definition) is 3. The van der Waals surface area contributed by atoms with Gasteiger partial charge in [-0.15, -0.1) is 0 Å². The molecule has 0 bridgehead atoms. The van der Waals surface area contributed by atoms with Crippen LogP contribution in [-0.2, 0) is 9.59 Å². The lowest BCUT2D eigenvalue weighted by molar-refractivity contribution is -0.136. The number of carbonyl (C=O) groups excluding carboxylic acids is 2. The van der Waals surface area contributed by atoms with Crippen molar-refractivity contribution in [1.82, 2.24) is 5.32 Å². The number of rotatable bonds is 5. The Balaban J connectivity index is 1.53. The molecule has 0 aliphatic heterocycles. The highest BCUT2D eigenvalue weighted by Gasteiger charge is 2.16. The molecule has 1 unspecified atom stereocenters. The lowest BCUT2D eigenvalue weighted by Gasteiger charge is -2.13. The van der Waals surface area contributed by atoms with Gasteiger partial charge in [0, 0.05) is 17.8 Å². The van der Waals surface area contributed by atoms with E-state index in [0.29, 0.717) is 11.3 Å². The summed E-state index contributed by atoms with van der Waals surface area (Å²) in [4.78, 5) is 23.8. The number of hydrogen-bond acceptors (Lipinski definition) is 4. The molecule has 2 amide bonds. The van der Waals surface area contributed by atoms with Gasteiger partial charge in [-0.1, -0.05) is 35.9 Å². The van der Waals surface area contributed by atoms with Crippen LogP contribution in [0.4, 0.5) is 10.1 Å². The van der Waals surface area contributed by atoms with Crippen LogP contribution < -0.4 is 10.6 Å². The Kier molecular flexibility index (Phi) is 6.08. The molecule has 0 fully saturated rings. The molecule has 1 aromatic heterocycles. The molecule has 6 nitrogen and oxygen atoms in total. The molecule has 3 aromatic rings. The number of carbonyl (C=O) groups is 2. The van der Waals surface area contributed by atoms with E-state index in [4.69, 9.17) is 16.0 Å². The minimum atomic E-state index is -0.998. The molecule has 1 atom stereocenters. The van der Waals surface area contributed by atoms with Crippen molar-refractivity contribution in [2.75, 3.05) is 11.9 Å². The smallest absolute Gasteiger partial charge is 0.313 e. The second-order valence-electron chi connectivity index (χ2n) is 5.91. The van der Waals surface area contributed by atoms with E-state index < -0.39 is 23.7 Å². The summed E-state index contributed by atoms with van der Waals surface area (Å²) in [5.41, 5.74) is 1.60. The van der Waals surface area contributed by atoms with Crippen molar-refractivity contribution >= 4 is 29.1 Å². The third-order valence-corrected chi connectivity index (χ3v) is 4.23. The summed E-state index contributed by atoms with van der Waals surface area (Å²) >= 11 is 5.63. The van der Waals surface area contributed by atoms with E-state index in [9.17, 15) is 19.1 Å². The van der Waals surface area contributed by atoms with Crippen molar-refractivity contribution in [2.24, 2.45) is 0 Å². The minimum absolute atomic E-state index is 0.156. The Bertz CT molecular complexity index is 974. The van der Waals surface area contributed by atoms with Gasteiger partial charge in [-0.2, -0.15) is 0 Å². The Morgan fingerprint density at radius 1 is 1.11 bits per heavy atom. The van der Waals surface area contributed by atoms with E-state index in [1.807, 2.05) is 6.07 Å². The van der Waals surface area contributed by atoms with Gasteiger partial charge in [-0.25, -0.2) is 4.39 Å². The number of furan rings is 1. The van der Waals surface area contributed by atoms with Gasteiger partial charge in [0.05, 0.1) is 17.4 Å². The second kappa shape index (κ2) is 8.69. The maximum Gasteiger partial charge on any atom is 0.313 e. The molecule has 0 aliphatic rings. The first-order valence-electron chi connectivity index (χ1n) is 8.30. The first-order valence-corrected chi connectivity index (χ1v) is 8.68. The van der Waals surface area contributed by atoms with Gasteiger partial charge < -0.3 is 20.2 Å². The molecular formula is C20H16ClFN2O4. The van der Waals surface area contributed by atoms with Gasteiger partial charge in [0.15, 0.2) is 0 Å². The molecule has 0 aliphatic carbocycles. The molecule has 0 saturated heterocycles. The molecular weight excluding hydrogens is 387 g/mol. The van der Waals surface area contributed by atoms with Crippen molar-refractivity contribution in [2.45, 2.75) is 6.10 Å². The zero-order valence-corrected chi connectivity index (χ0v) is 15.2. The summed E-state index contributed by atoms with van der Waals surface area (Å²) in [6.45, 7) is -0.156. The second-order valence-corrected chi connectivity index (χ2v) is 6.32. The predicted octanol–water partition coefficient (Wildman–Crippen LogP) is 3.53. The SMILES string of the molecule is O=C(NCC(O)c1ccc(-c2ccco2)cc1)C(=O)Nc1ccc(F)c(Cl)c1. The molecule has 3 rings (SSSR count). The zero-order valence-electron chi connectivity index (χ0n) is 14.5. The van der Waals surface area contributed by atoms with E-state index in [1.54, 1.807) is 36.6 Å². The summed E-state index contributed by atoms with van der Waals surface area (Å²) in [7, 11) is 0. The number of amides is 2.